The lowest BCUT2D eigenvalue weighted by atomic mass is 9.80. The molecule has 0 radical (unpaired) electrons. The molecule has 0 bridgehead atoms. The Morgan fingerprint density at radius 3 is 2.52 bits per heavy atom. The predicted molar refractivity (Wildman–Crippen MR) is 158 cm³/mol. The molecule has 1 saturated carbocycles. The van der Waals surface area contributed by atoms with Crippen LogP contribution in [0.5, 0.6) is 5.75 Å². The van der Waals surface area contributed by atoms with Crippen molar-refractivity contribution in [1.29, 1.82) is 0 Å². The number of carbonyl (C=O) groups is 1. The third-order valence-electron chi connectivity index (χ3n) is 9.14. The summed E-state index contributed by atoms with van der Waals surface area (Å²) < 4.78 is 30.5. The third-order valence-corrected chi connectivity index (χ3v) is 9.14. The van der Waals surface area contributed by atoms with E-state index in [2.05, 4.69) is 27.1 Å². The molecule has 8 nitrogen and oxygen atoms in total. The minimum Gasteiger partial charge on any atom is -0.491 e. The number of nitrogens with zero attached hydrogens (tertiary/aromatic N) is 3. The molecule has 2 aromatic rings. The first kappa shape index (κ1) is 28.9. The second-order valence-corrected chi connectivity index (χ2v) is 12.6. The molecule has 0 unspecified atom stereocenters. The molecule has 2 aromatic carbocycles. The van der Waals surface area contributed by atoms with Crippen molar-refractivity contribution in [2.45, 2.75) is 64.0 Å². The van der Waals surface area contributed by atoms with Gasteiger partial charge in [0.05, 0.1) is 25.0 Å². The van der Waals surface area contributed by atoms with Gasteiger partial charge in [-0.2, -0.15) is 0 Å². The van der Waals surface area contributed by atoms with Crippen molar-refractivity contribution in [2.75, 3.05) is 53.1 Å². The van der Waals surface area contributed by atoms with Gasteiger partial charge in [-0.25, -0.2) is 4.39 Å². The molecule has 2 saturated heterocycles. The van der Waals surface area contributed by atoms with E-state index in [0.29, 0.717) is 25.7 Å². The quantitative estimate of drug-likeness (QED) is 0.278. The van der Waals surface area contributed by atoms with Crippen molar-refractivity contribution in [3.05, 3.63) is 53.3 Å². The Hall–Kier alpha value is -3.17. The van der Waals surface area contributed by atoms with Crippen LogP contribution in [0.4, 0.5) is 4.39 Å². The average Bonchev–Trinajstić information content (AvgIpc) is 3.72. The summed E-state index contributed by atoms with van der Waals surface area (Å²) in [6.45, 7) is 9.23. The lowest BCUT2D eigenvalue weighted by Crippen LogP contribution is -2.61. The van der Waals surface area contributed by atoms with E-state index in [1.54, 1.807) is 7.11 Å². The van der Waals surface area contributed by atoms with Gasteiger partial charge in [-0.05, 0) is 80.3 Å². The Labute approximate surface area is 247 Å². The topological polar surface area (TPSA) is 72.8 Å². The summed E-state index contributed by atoms with van der Waals surface area (Å²) in [6, 6.07) is 11.2. The second kappa shape index (κ2) is 11.8. The number of hydrogen-bond acceptors (Lipinski definition) is 8. The lowest BCUT2D eigenvalue weighted by Gasteiger charge is -2.46. The van der Waals surface area contributed by atoms with Crippen molar-refractivity contribution < 1.29 is 28.2 Å². The van der Waals surface area contributed by atoms with E-state index >= 15 is 0 Å². The summed E-state index contributed by atoms with van der Waals surface area (Å²) in [7, 11) is 1.67. The number of amidine groups is 1. The highest BCUT2D eigenvalue weighted by molar-refractivity contribution is 5.85. The summed E-state index contributed by atoms with van der Waals surface area (Å²) in [5, 5.41) is 4.50. The molecule has 42 heavy (non-hydrogen) atoms. The maximum atomic E-state index is 13.7. The fraction of sp³-hybridized carbons (Fsp3) is 0.576. The summed E-state index contributed by atoms with van der Waals surface area (Å²) >= 11 is 0. The number of halogens is 1. The Morgan fingerprint density at radius 1 is 1.12 bits per heavy atom. The number of rotatable bonds is 10. The maximum absolute atomic E-state index is 13.7. The zero-order valence-electron chi connectivity index (χ0n) is 25.0. The van der Waals surface area contributed by atoms with Gasteiger partial charge in [0, 0.05) is 45.4 Å². The van der Waals surface area contributed by atoms with Crippen LogP contribution >= 0.6 is 0 Å². The highest BCUT2D eigenvalue weighted by atomic mass is 19.1. The molecule has 9 heteroatoms. The van der Waals surface area contributed by atoms with E-state index in [1.165, 1.54) is 23.3 Å². The summed E-state index contributed by atoms with van der Waals surface area (Å²) in [5.41, 5.74) is 3.83. The van der Waals surface area contributed by atoms with Crippen LogP contribution in [0, 0.1) is 11.2 Å². The van der Waals surface area contributed by atoms with Gasteiger partial charge in [-0.1, -0.05) is 23.4 Å². The first-order valence-corrected chi connectivity index (χ1v) is 15.3. The van der Waals surface area contributed by atoms with Gasteiger partial charge >= 0.3 is 5.97 Å². The van der Waals surface area contributed by atoms with Gasteiger partial charge in [0.2, 0.25) is 0 Å². The van der Waals surface area contributed by atoms with Gasteiger partial charge in [0.15, 0.2) is 5.60 Å². The summed E-state index contributed by atoms with van der Waals surface area (Å²) in [6.07, 6.45) is 4.63. The first-order valence-electron chi connectivity index (χ1n) is 15.3. The van der Waals surface area contributed by atoms with Crippen LogP contribution < -0.4 is 4.74 Å². The van der Waals surface area contributed by atoms with E-state index in [9.17, 15) is 9.18 Å². The second-order valence-electron chi connectivity index (χ2n) is 12.6. The molecule has 4 aliphatic rings. The highest BCUT2D eigenvalue weighted by Gasteiger charge is 2.51. The molecule has 0 atom stereocenters. The molecule has 3 fully saturated rings. The zero-order chi connectivity index (χ0) is 29.3. The minimum atomic E-state index is -0.421. The minimum absolute atomic E-state index is 0.0943. The Kier molecular flexibility index (Phi) is 8.16. The van der Waals surface area contributed by atoms with E-state index in [0.717, 1.165) is 87.5 Å². The molecule has 6 rings (SSSR count). The van der Waals surface area contributed by atoms with Gasteiger partial charge in [0.25, 0.3) is 0 Å². The van der Waals surface area contributed by atoms with Crippen molar-refractivity contribution in [3.8, 4) is 16.9 Å². The number of ether oxygens (including phenoxy) is 3. The number of hydrogen-bond donors (Lipinski definition) is 0. The van der Waals surface area contributed by atoms with Crippen molar-refractivity contribution in [1.82, 2.24) is 9.80 Å². The molecule has 0 aromatic heterocycles. The van der Waals surface area contributed by atoms with Crippen molar-refractivity contribution >= 4 is 11.8 Å². The van der Waals surface area contributed by atoms with Gasteiger partial charge in [-0.3, -0.25) is 9.69 Å². The van der Waals surface area contributed by atoms with Crippen LogP contribution in [-0.4, -0.2) is 80.3 Å². The maximum Gasteiger partial charge on any atom is 0.311 e. The predicted octanol–water partition coefficient (Wildman–Crippen LogP) is 5.35. The standard InChI is InChI=1S/C33H42FN3O5/c1-4-40-31(38)32(2)11-13-37(14-12-32)29-19-33(42-35-29)21-36(22-33)20-23-17-27(24-5-6-24)30(25-7-9-26(34)10-8-25)28(18-23)41-16-15-39-3/h7-10,17-18,24H,4-6,11-16,19-22H2,1-3H3. The molecule has 1 spiro atoms. The number of carbonyl (C=O) groups excluding carboxylic acids is 1. The number of esters is 1. The third kappa shape index (κ3) is 5.99. The molecular weight excluding hydrogens is 537 g/mol. The molecule has 0 amide bonds. The van der Waals surface area contributed by atoms with Crippen molar-refractivity contribution in [3.63, 3.8) is 0 Å². The van der Waals surface area contributed by atoms with Crippen LogP contribution in [0.3, 0.4) is 0 Å². The molecule has 3 aliphatic heterocycles. The van der Waals surface area contributed by atoms with Gasteiger partial charge in [-0.15, -0.1) is 0 Å². The molecule has 3 heterocycles. The number of methoxy groups -OCH3 is 1. The summed E-state index contributed by atoms with van der Waals surface area (Å²) in [4.78, 5) is 23.1. The largest absolute Gasteiger partial charge is 0.491 e. The van der Waals surface area contributed by atoms with E-state index in [1.807, 2.05) is 26.0 Å². The molecule has 226 valence electrons. The van der Waals surface area contributed by atoms with Crippen LogP contribution in [0.1, 0.15) is 63.0 Å². The van der Waals surface area contributed by atoms with Gasteiger partial charge < -0.3 is 23.9 Å². The van der Waals surface area contributed by atoms with E-state index < -0.39 is 5.41 Å². The fourth-order valence-electron chi connectivity index (χ4n) is 6.53. The zero-order valence-corrected chi connectivity index (χ0v) is 25.0. The number of likely N-dealkylation sites (tertiary alicyclic amines) is 2. The smallest absolute Gasteiger partial charge is 0.311 e. The Morgan fingerprint density at radius 2 is 1.86 bits per heavy atom. The highest BCUT2D eigenvalue weighted by Crippen LogP contribution is 2.48. The van der Waals surface area contributed by atoms with Crippen LogP contribution in [0.2, 0.25) is 0 Å². The van der Waals surface area contributed by atoms with Crippen LogP contribution in [-0.2, 0) is 25.7 Å². The monoisotopic (exact) mass is 579 g/mol. The normalized spacial score (nSPS) is 21.0. The van der Waals surface area contributed by atoms with Crippen LogP contribution in [0.25, 0.3) is 11.1 Å². The molecule has 0 N–H and O–H groups in total. The van der Waals surface area contributed by atoms with Crippen molar-refractivity contribution in [2.24, 2.45) is 10.6 Å². The lowest BCUT2D eigenvalue weighted by molar-refractivity contribution is -0.156. The summed E-state index contributed by atoms with van der Waals surface area (Å²) in [5.74, 6) is 1.99. The average molecular weight is 580 g/mol. The van der Waals surface area contributed by atoms with Crippen LogP contribution in [0.15, 0.2) is 41.6 Å². The van der Waals surface area contributed by atoms with Gasteiger partial charge in [0.1, 0.15) is 24.0 Å². The number of oxime groups is 1. The number of benzene rings is 2. The fourth-order valence-corrected chi connectivity index (χ4v) is 6.53. The van der Waals surface area contributed by atoms with E-state index in [-0.39, 0.29) is 17.4 Å². The van der Waals surface area contributed by atoms with E-state index in [4.69, 9.17) is 19.0 Å². The Bertz CT molecular complexity index is 1310. The molecular formula is C33H42FN3O5. The SMILES string of the molecule is CCOC(=O)C1(C)CCN(C2=NOC3(C2)CN(Cc2cc(OCCOC)c(-c4ccc(F)cc4)c(C4CC4)c2)C3)CC1. The number of piperidine rings is 1. The first-order chi connectivity index (χ1) is 20.3. The Balaban J connectivity index is 1.10. The molecule has 1 aliphatic carbocycles.